The highest BCUT2D eigenvalue weighted by atomic mass is 19.1. The molecule has 0 bridgehead atoms. The molecule has 2 heterocycles. The minimum absolute atomic E-state index is 0.0988. The van der Waals surface area contributed by atoms with E-state index < -0.39 is 0 Å². The van der Waals surface area contributed by atoms with Crippen LogP contribution in [-0.2, 0) is 0 Å². The van der Waals surface area contributed by atoms with Crippen LogP contribution in [0, 0.1) is 12.7 Å². The number of halogens is 1. The van der Waals surface area contributed by atoms with Crippen molar-refractivity contribution in [1.29, 1.82) is 0 Å². The first-order valence-electron chi connectivity index (χ1n) is 7.85. The largest absolute Gasteiger partial charge is 0.369 e. The zero-order chi connectivity index (χ0) is 16.2. The van der Waals surface area contributed by atoms with Crippen molar-refractivity contribution in [1.82, 2.24) is 10.3 Å². The van der Waals surface area contributed by atoms with Gasteiger partial charge in [0.1, 0.15) is 5.82 Å². The van der Waals surface area contributed by atoms with Crippen molar-refractivity contribution in [3.8, 4) is 0 Å². The number of benzene rings is 1. The fourth-order valence-corrected chi connectivity index (χ4v) is 2.90. The van der Waals surface area contributed by atoms with Crippen molar-refractivity contribution in [3.63, 3.8) is 0 Å². The Bertz CT molecular complexity index is 682. The molecule has 1 N–H and O–H groups in total. The highest BCUT2D eigenvalue weighted by Gasteiger charge is 2.23. The summed E-state index contributed by atoms with van der Waals surface area (Å²) < 4.78 is 14.0. The number of carbonyl (C=O) groups excluding carboxylic acids is 1. The van der Waals surface area contributed by atoms with Crippen LogP contribution >= 0.6 is 0 Å². The number of rotatable bonds is 3. The predicted octanol–water partition coefficient (Wildman–Crippen LogP) is 2.93. The third-order valence-electron chi connectivity index (χ3n) is 4.20. The fraction of sp³-hybridized carbons (Fsp3) is 0.333. The molecule has 0 radical (unpaired) electrons. The Balaban J connectivity index is 1.58. The lowest BCUT2D eigenvalue weighted by atomic mass is 10.0. The number of hydrogen-bond acceptors (Lipinski definition) is 3. The zero-order valence-electron chi connectivity index (χ0n) is 13.1. The van der Waals surface area contributed by atoms with Gasteiger partial charge in [-0.1, -0.05) is 6.07 Å². The van der Waals surface area contributed by atoms with Crippen molar-refractivity contribution in [2.45, 2.75) is 25.8 Å². The first kappa shape index (κ1) is 15.5. The molecule has 1 aromatic carbocycles. The van der Waals surface area contributed by atoms with Gasteiger partial charge < -0.3 is 10.2 Å². The summed E-state index contributed by atoms with van der Waals surface area (Å²) in [6.07, 6.45) is 4.82. The molecule has 120 valence electrons. The Hall–Kier alpha value is -2.43. The first-order chi connectivity index (χ1) is 11.1. The Morgan fingerprint density at radius 1 is 1.30 bits per heavy atom. The van der Waals surface area contributed by atoms with Gasteiger partial charge in [-0.25, -0.2) is 4.39 Å². The maximum absolute atomic E-state index is 14.0. The summed E-state index contributed by atoms with van der Waals surface area (Å²) in [6.45, 7) is 3.43. The fourth-order valence-electron chi connectivity index (χ4n) is 2.90. The van der Waals surface area contributed by atoms with E-state index in [0.717, 1.165) is 31.5 Å². The monoisotopic (exact) mass is 313 g/mol. The summed E-state index contributed by atoms with van der Waals surface area (Å²) in [6, 6.07) is 8.79. The molecule has 23 heavy (non-hydrogen) atoms. The van der Waals surface area contributed by atoms with Crippen LogP contribution in [0.1, 0.15) is 28.8 Å². The van der Waals surface area contributed by atoms with Gasteiger partial charge in [0.25, 0.3) is 5.91 Å². The van der Waals surface area contributed by atoms with Gasteiger partial charge >= 0.3 is 0 Å². The van der Waals surface area contributed by atoms with Gasteiger partial charge in [-0.05, 0) is 49.6 Å². The molecule has 5 heteroatoms. The van der Waals surface area contributed by atoms with Crippen molar-refractivity contribution < 1.29 is 9.18 Å². The number of nitrogens with zero attached hydrogens (tertiary/aromatic N) is 2. The van der Waals surface area contributed by atoms with Crippen molar-refractivity contribution in [3.05, 3.63) is 59.7 Å². The van der Waals surface area contributed by atoms with Crippen LogP contribution in [0.3, 0.4) is 0 Å². The lowest BCUT2D eigenvalue weighted by Gasteiger charge is -2.34. The molecule has 1 amide bonds. The van der Waals surface area contributed by atoms with E-state index in [2.05, 4.69) is 15.2 Å². The van der Waals surface area contributed by atoms with Gasteiger partial charge in [-0.2, -0.15) is 0 Å². The molecule has 1 aliphatic heterocycles. The number of pyridine rings is 1. The molecule has 0 aliphatic carbocycles. The third kappa shape index (κ3) is 3.67. The van der Waals surface area contributed by atoms with Crippen molar-refractivity contribution in [2.24, 2.45) is 0 Å². The van der Waals surface area contributed by atoms with E-state index in [0.29, 0.717) is 11.3 Å². The number of hydrogen-bond donors (Lipinski definition) is 1. The van der Waals surface area contributed by atoms with Gasteiger partial charge in [0.05, 0.1) is 11.3 Å². The molecule has 1 saturated heterocycles. The normalized spacial score (nSPS) is 15.5. The van der Waals surface area contributed by atoms with Crippen LogP contribution in [0.2, 0.25) is 0 Å². The molecule has 0 saturated carbocycles. The molecule has 0 unspecified atom stereocenters. The van der Waals surface area contributed by atoms with Gasteiger partial charge in [-0.3, -0.25) is 9.78 Å². The third-order valence-corrected chi connectivity index (χ3v) is 4.20. The minimum Gasteiger partial charge on any atom is -0.369 e. The van der Waals surface area contributed by atoms with Crippen molar-refractivity contribution >= 4 is 11.6 Å². The summed E-state index contributed by atoms with van der Waals surface area (Å²) in [5, 5.41) is 3.03. The highest BCUT2D eigenvalue weighted by molar-refractivity contribution is 5.94. The average molecular weight is 313 g/mol. The Labute approximate surface area is 135 Å². The molecule has 3 rings (SSSR count). The number of anilines is 1. The van der Waals surface area contributed by atoms with Gasteiger partial charge in [0.15, 0.2) is 0 Å². The number of piperidine rings is 1. The van der Waals surface area contributed by atoms with E-state index in [1.807, 2.05) is 13.0 Å². The summed E-state index contributed by atoms with van der Waals surface area (Å²) in [5.74, 6) is -0.285. The summed E-state index contributed by atoms with van der Waals surface area (Å²) >= 11 is 0. The Kier molecular flexibility index (Phi) is 4.55. The van der Waals surface area contributed by atoms with E-state index in [1.54, 1.807) is 30.6 Å². The van der Waals surface area contributed by atoms with Crippen LogP contribution in [-0.4, -0.2) is 30.0 Å². The quantitative estimate of drug-likeness (QED) is 0.947. The molecule has 1 fully saturated rings. The standard InChI is InChI=1S/C18H20FN3O/c1-13-4-5-16(19)17(11-13)22-9-6-15(7-10-22)21-18(23)14-3-2-8-20-12-14/h2-5,8,11-12,15H,6-7,9-10H2,1H3,(H,21,23). The molecule has 2 aromatic rings. The molecule has 4 nitrogen and oxygen atoms in total. The maximum Gasteiger partial charge on any atom is 0.253 e. The topological polar surface area (TPSA) is 45.2 Å². The van der Waals surface area contributed by atoms with Crippen molar-refractivity contribution in [2.75, 3.05) is 18.0 Å². The Morgan fingerprint density at radius 2 is 2.09 bits per heavy atom. The molecule has 0 spiro atoms. The molecule has 0 atom stereocenters. The number of aryl methyl sites for hydroxylation is 1. The number of nitrogens with one attached hydrogen (secondary N) is 1. The van der Waals surface area contributed by atoms with E-state index in [1.165, 1.54) is 6.07 Å². The molecule has 1 aromatic heterocycles. The second kappa shape index (κ2) is 6.77. The number of amides is 1. The van der Waals surface area contributed by atoms with Crippen LogP contribution in [0.25, 0.3) is 0 Å². The van der Waals surface area contributed by atoms with Gasteiger partial charge in [0.2, 0.25) is 0 Å². The van der Waals surface area contributed by atoms with Crippen LogP contribution in [0.15, 0.2) is 42.7 Å². The SMILES string of the molecule is Cc1ccc(F)c(N2CCC(NC(=O)c3cccnc3)CC2)c1. The minimum atomic E-state index is -0.187. The second-order valence-corrected chi connectivity index (χ2v) is 5.93. The van der Waals surface area contributed by atoms with Gasteiger partial charge in [-0.15, -0.1) is 0 Å². The molecule has 1 aliphatic rings. The van der Waals surface area contributed by atoms with Crippen LogP contribution in [0.4, 0.5) is 10.1 Å². The summed E-state index contributed by atoms with van der Waals surface area (Å²) in [5.41, 5.74) is 2.27. The lowest BCUT2D eigenvalue weighted by molar-refractivity contribution is 0.0930. The predicted molar refractivity (Wildman–Crippen MR) is 88.1 cm³/mol. The van der Waals surface area contributed by atoms with Crippen LogP contribution < -0.4 is 10.2 Å². The number of carbonyl (C=O) groups is 1. The van der Waals surface area contributed by atoms with Gasteiger partial charge in [0, 0.05) is 31.5 Å². The Morgan fingerprint density at radius 3 is 2.78 bits per heavy atom. The maximum atomic E-state index is 14.0. The van der Waals surface area contributed by atoms with E-state index >= 15 is 0 Å². The summed E-state index contributed by atoms with van der Waals surface area (Å²) in [4.78, 5) is 18.1. The molecular formula is C18H20FN3O. The average Bonchev–Trinajstić information content (AvgIpc) is 2.58. The van der Waals surface area contributed by atoms with E-state index in [-0.39, 0.29) is 17.8 Å². The van der Waals surface area contributed by atoms with E-state index in [9.17, 15) is 9.18 Å². The second-order valence-electron chi connectivity index (χ2n) is 5.93. The van der Waals surface area contributed by atoms with E-state index in [4.69, 9.17) is 0 Å². The molecular weight excluding hydrogens is 293 g/mol. The lowest BCUT2D eigenvalue weighted by Crippen LogP contribution is -2.45. The zero-order valence-corrected chi connectivity index (χ0v) is 13.1. The number of aromatic nitrogens is 1. The highest BCUT2D eigenvalue weighted by Crippen LogP contribution is 2.24. The summed E-state index contributed by atoms with van der Waals surface area (Å²) in [7, 11) is 0. The smallest absolute Gasteiger partial charge is 0.253 e. The first-order valence-corrected chi connectivity index (χ1v) is 7.85. The van der Waals surface area contributed by atoms with Crippen LogP contribution in [0.5, 0.6) is 0 Å².